The number of carbonyl (C=O) groups excluding carboxylic acids is 2. The second-order valence-electron chi connectivity index (χ2n) is 9.80. The zero-order chi connectivity index (χ0) is 26.2. The number of H-pyrrole nitrogens is 1. The molecule has 0 unspecified atom stereocenters. The minimum Gasteiger partial charge on any atom is -0.369 e. The van der Waals surface area contributed by atoms with Gasteiger partial charge in [0.15, 0.2) is 5.82 Å². The van der Waals surface area contributed by atoms with Gasteiger partial charge < -0.3 is 20.4 Å². The van der Waals surface area contributed by atoms with E-state index in [1.165, 1.54) is 23.5 Å². The highest BCUT2D eigenvalue weighted by Gasteiger charge is 2.25. The Balaban J connectivity index is 1.26. The molecule has 0 aliphatic carbocycles. The van der Waals surface area contributed by atoms with Crippen molar-refractivity contribution in [2.24, 2.45) is 0 Å². The molecule has 0 bridgehead atoms. The van der Waals surface area contributed by atoms with Gasteiger partial charge in [0.2, 0.25) is 0 Å². The maximum atomic E-state index is 13.3. The third-order valence-corrected chi connectivity index (χ3v) is 7.74. The molecule has 8 nitrogen and oxygen atoms in total. The Morgan fingerprint density at radius 2 is 1.68 bits per heavy atom. The first-order valence-corrected chi connectivity index (χ1v) is 12.9. The first-order valence-electron chi connectivity index (χ1n) is 12.1. The molecule has 192 valence electrons. The Bertz CT molecular complexity index is 1420. The average Bonchev–Trinajstić information content (AvgIpc) is 3.47. The van der Waals surface area contributed by atoms with Crippen LogP contribution in [0.2, 0.25) is 0 Å². The predicted molar refractivity (Wildman–Crippen MR) is 145 cm³/mol. The lowest BCUT2D eigenvalue weighted by molar-refractivity contribution is 0.0915. The van der Waals surface area contributed by atoms with Crippen LogP contribution in [0.25, 0.3) is 10.2 Å². The number of nitrogens with zero attached hydrogens (tertiary/aromatic N) is 3. The van der Waals surface area contributed by atoms with Crippen LogP contribution in [0.1, 0.15) is 39.4 Å². The largest absolute Gasteiger partial charge is 0.369 e. The van der Waals surface area contributed by atoms with Crippen molar-refractivity contribution in [1.29, 1.82) is 0 Å². The molecule has 5 rings (SSSR count). The molecule has 0 atom stereocenters. The highest BCUT2D eigenvalue weighted by Crippen LogP contribution is 2.31. The Kier molecular flexibility index (Phi) is 6.70. The summed E-state index contributed by atoms with van der Waals surface area (Å²) >= 11 is 1.25. The van der Waals surface area contributed by atoms with Gasteiger partial charge in [0, 0.05) is 37.4 Å². The monoisotopic (exact) mass is 520 g/mol. The second-order valence-corrected chi connectivity index (χ2v) is 10.9. The zero-order valence-corrected chi connectivity index (χ0v) is 21.8. The summed E-state index contributed by atoms with van der Waals surface area (Å²) in [4.78, 5) is 31.7. The number of anilines is 2. The summed E-state index contributed by atoms with van der Waals surface area (Å²) in [7, 11) is 2.12. The Hall–Kier alpha value is -3.76. The fourth-order valence-electron chi connectivity index (χ4n) is 4.38. The molecule has 0 radical (unpaired) electrons. The number of hydrogen-bond donors (Lipinski definition) is 3. The molecular weight excluding hydrogens is 491 g/mol. The maximum Gasteiger partial charge on any atom is 0.262 e. The second kappa shape index (κ2) is 9.95. The van der Waals surface area contributed by atoms with Gasteiger partial charge in [-0.3, -0.25) is 14.7 Å². The van der Waals surface area contributed by atoms with Crippen LogP contribution in [0.4, 0.5) is 15.9 Å². The van der Waals surface area contributed by atoms with Crippen LogP contribution in [-0.4, -0.2) is 60.1 Å². The van der Waals surface area contributed by atoms with Crippen LogP contribution >= 0.6 is 11.3 Å². The Labute approximate surface area is 218 Å². The molecule has 1 saturated heterocycles. The predicted octanol–water partition coefficient (Wildman–Crippen LogP) is 4.43. The fraction of sp³-hybridized carbons (Fsp3) is 0.296. The topological polar surface area (TPSA) is 93.4 Å². The summed E-state index contributed by atoms with van der Waals surface area (Å²) in [5.41, 5.74) is 1.72. The lowest BCUT2D eigenvalue weighted by atomic mass is 9.94. The van der Waals surface area contributed by atoms with E-state index in [4.69, 9.17) is 0 Å². The van der Waals surface area contributed by atoms with Gasteiger partial charge in [0.05, 0.1) is 15.8 Å². The van der Waals surface area contributed by atoms with E-state index < -0.39 is 5.54 Å². The Morgan fingerprint density at radius 3 is 2.35 bits per heavy atom. The van der Waals surface area contributed by atoms with Crippen LogP contribution in [0.15, 0.2) is 54.6 Å². The van der Waals surface area contributed by atoms with Crippen molar-refractivity contribution in [3.8, 4) is 0 Å². The zero-order valence-electron chi connectivity index (χ0n) is 21.0. The standard InChI is InChI=1S/C27H29FN6O2S/c1-27(2,18-6-8-19(28)9-7-18)30-25(36)22-16-21-23(31-32-26(21)37-22)29-24(35)17-4-10-20(11-5-17)34-14-12-33(3)13-15-34/h4-11,16H,12-15H2,1-3H3,(H,30,36)(H2,29,31,32,35). The summed E-state index contributed by atoms with van der Waals surface area (Å²) in [6, 6.07) is 15.3. The first kappa shape index (κ1) is 24.9. The van der Waals surface area contributed by atoms with Crippen molar-refractivity contribution >= 4 is 44.9 Å². The van der Waals surface area contributed by atoms with Gasteiger partial charge in [-0.2, -0.15) is 5.10 Å². The summed E-state index contributed by atoms with van der Waals surface area (Å²) in [6.07, 6.45) is 0. The summed E-state index contributed by atoms with van der Waals surface area (Å²) in [5, 5.41) is 13.6. The number of hydrogen-bond acceptors (Lipinski definition) is 6. The van der Waals surface area contributed by atoms with Gasteiger partial charge in [-0.15, -0.1) is 11.3 Å². The van der Waals surface area contributed by atoms with E-state index >= 15 is 0 Å². The molecule has 37 heavy (non-hydrogen) atoms. The van der Waals surface area contributed by atoms with E-state index in [-0.39, 0.29) is 17.6 Å². The number of amides is 2. The number of aromatic nitrogens is 2. The number of nitrogens with one attached hydrogen (secondary N) is 3. The van der Waals surface area contributed by atoms with Gasteiger partial charge in [0.1, 0.15) is 10.6 Å². The molecule has 3 N–H and O–H groups in total. The maximum absolute atomic E-state index is 13.3. The van der Waals surface area contributed by atoms with Crippen LogP contribution < -0.4 is 15.5 Å². The number of carbonyl (C=O) groups is 2. The number of rotatable bonds is 6. The SMILES string of the molecule is CN1CCN(c2ccc(C(=O)Nc3n[nH]c4sc(C(=O)NC(C)(C)c5ccc(F)cc5)cc34)cc2)CC1. The van der Waals surface area contributed by atoms with E-state index in [0.717, 1.165) is 37.4 Å². The van der Waals surface area contributed by atoms with Crippen LogP contribution in [0.3, 0.4) is 0 Å². The molecule has 1 aliphatic heterocycles. The minimum atomic E-state index is -0.700. The van der Waals surface area contributed by atoms with E-state index in [2.05, 4.69) is 37.7 Å². The molecule has 1 aliphatic rings. The molecule has 0 saturated carbocycles. The Morgan fingerprint density at radius 1 is 1.00 bits per heavy atom. The number of benzene rings is 2. The molecule has 0 spiro atoms. The summed E-state index contributed by atoms with van der Waals surface area (Å²) in [6.45, 7) is 7.67. The molecular formula is C27H29FN6O2S. The number of halogens is 1. The van der Waals surface area contributed by atoms with Crippen LogP contribution in [-0.2, 0) is 5.54 Å². The quantitative estimate of drug-likeness (QED) is 0.350. The molecule has 4 aromatic rings. The van der Waals surface area contributed by atoms with Crippen molar-refractivity contribution in [2.45, 2.75) is 19.4 Å². The smallest absolute Gasteiger partial charge is 0.262 e. The van der Waals surface area contributed by atoms with Crippen molar-refractivity contribution in [1.82, 2.24) is 20.4 Å². The molecule has 2 aromatic carbocycles. The van der Waals surface area contributed by atoms with Crippen molar-refractivity contribution in [3.05, 3.63) is 76.4 Å². The lowest BCUT2D eigenvalue weighted by Crippen LogP contribution is -2.44. The average molecular weight is 521 g/mol. The molecule has 10 heteroatoms. The fourth-order valence-corrected chi connectivity index (χ4v) is 5.27. The van der Waals surface area contributed by atoms with Crippen LogP contribution in [0, 0.1) is 5.82 Å². The highest BCUT2D eigenvalue weighted by atomic mass is 32.1. The van der Waals surface area contributed by atoms with E-state index in [9.17, 15) is 14.0 Å². The number of piperazine rings is 1. The molecule has 2 amide bonds. The van der Waals surface area contributed by atoms with Gasteiger partial charge in [-0.05, 0) is 68.9 Å². The van der Waals surface area contributed by atoms with E-state index in [1.807, 2.05) is 38.1 Å². The number of fused-ring (bicyclic) bond motifs is 1. The van der Waals surface area contributed by atoms with Gasteiger partial charge in [-0.1, -0.05) is 12.1 Å². The summed E-state index contributed by atoms with van der Waals surface area (Å²) in [5.74, 6) is -0.489. The van der Waals surface area contributed by atoms with Gasteiger partial charge >= 0.3 is 0 Å². The summed E-state index contributed by atoms with van der Waals surface area (Å²) < 4.78 is 13.3. The molecule has 2 aromatic heterocycles. The normalized spacial score (nSPS) is 14.6. The van der Waals surface area contributed by atoms with Crippen LogP contribution in [0.5, 0.6) is 0 Å². The van der Waals surface area contributed by atoms with E-state index in [0.29, 0.717) is 26.5 Å². The van der Waals surface area contributed by atoms with Gasteiger partial charge in [-0.25, -0.2) is 4.39 Å². The molecule has 1 fully saturated rings. The third kappa shape index (κ3) is 5.35. The number of thiophene rings is 1. The number of likely N-dealkylation sites (N-methyl/N-ethyl adjacent to an activating group) is 1. The highest BCUT2D eigenvalue weighted by molar-refractivity contribution is 7.20. The van der Waals surface area contributed by atoms with Gasteiger partial charge in [0.25, 0.3) is 11.8 Å². The van der Waals surface area contributed by atoms with E-state index in [1.54, 1.807) is 18.2 Å². The van der Waals surface area contributed by atoms with Crippen molar-refractivity contribution < 1.29 is 14.0 Å². The first-order chi connectivity index (χ1) is 17.7. The minimum absolute atomic E-state index is 0.263. The third-order valence-electron chi connectivity index (χ3n) is 6.70. The van der Waals surface area contributed by atoms with Crippen molar-refractivity contribution in [3.63, 3.8) is 0 Å². The lowest BCUT2D eigenvalue weighted by Gasteiger charge is -2.34. The van der Waals surface area contributed by atoms with Crippen molar-refractivity contribution in [2.75, 3.05) is 43.4 Å². The number of aromatic amines is 1. The molecule has 3 heterocycles.